The maximum absolute atomic E-state index is 13.2. The zero-order valence-electron chi connectivity index (χ0n) is 16.6. The van der Waals surface area contributed by atoms with Gasteiger partial charge in [0.25, 0.3) is 0 Å². The maximum atomic E-state index is 13.2. The SMILES string of the molecule is Cc1nn(-c2ccc(F)cc2)c(C)c1CC(=O)N(C)C1CC2CCC(C1)N2.Cl. The van der Waals surface area contributed by atoms with E-state index in [1.54, 1.807) is 16.8 Å². The third-order valence-corrected chi connectivity index (χ3v) is 6.23. The van der Waals surface area contributed by atoms with E-state index in [0.29, 0.717) is 24.5 Å². The van der Waals surface area contributed by atoms with Crippen LogP contribution >= 0.6 is 12.4 Å². The maximum Gasteiger partial charge on any atom is 0.227 e. The van der Waals surface area contributed by atoms with E-state index in [2.05, 4.69) is 10.4 Å². The molecule has 0 aliphatic carbocycles. The van der Waals surface area contributed by atoms with Crippen LogP contribution in [0.4, 0.5) is 4.39 Å². The lowest BCUT2D eigenvalue weighted by molar-refractivity contribution is -0.131. The first kappa shape index (κ1) is 20.8. The van der Waals surface area contributed by atoms with Crippen LogP contribution < -0.4 is 5.32 Å². The Balaban J connectivity index is 0.00000225. The molecule has 28 heavy (non-hydrogen) atoms. The molecule has 4 rings (SSSR count). The minimum Gasteiger partial charge on any atom is -0.342 e. The van der Waals surface area contributed by atoms with E-state index in [4.69, 9.17) is 0 Å². The van der Waals surface area contributed by atoms with Gasteiger partial charge in [-0.2, -0.15) is 5.10 Å². The van der Waals surface area contributed by atoms with Gasteiger partial charge in [-0.1, -0.05) is 0 Å². The van der Waals surface area contributed by atoms with Crippen molar-refractivity contribution in [3.05, 3.63) is 47.0 Å². The summed E-state index contributed by atoms with van der Waals surface area (Å²) in [6, 6.07) is 7.71. The Morgan fingerprint density at radius 1 is 1.21 bits per heavy atom. The number of rotatable bonds is 4. The van der Waals surface area contributed by atoms with Gasteiger partial charge in [0.15, 0.2) is 0 Å². The Kier molecular flexibility index (Phi) is 6.10. The highest BCUT2D eigenvalue weighted by Crippen LogP contribution is 2.30. The number of fused-ring (bicyclic) bond motifs is 2. The summed E-state index contributed by atoms with van der Waals surface area (Å²) in [5.74, 6) is -0.126. The van der Waals surface area contributed by atoms with Crippen LogP contribution in [0, 0.1) is 19.7 Å². The summed E-state index contributed by atoms with van der Waals surface area (Å²) in [4.78, 5) is 14.9. The zero-order valence-corrected chi connectivity index (χ0v) is 17.4. The summed E-state index contributed by atoms with van der Waals surface area (Å²) in [7, 11) is 1.94. The molecule has 0 radical (unpaired) electrons. The number of nitrogens with zero attached hydrogens (tertiary/aromatic N) is 3. The van der Waals surface area contributed by atoms with Crippen LogP contribution in [0.1, 0.15) is 42.6 Å². The molecule has 2 fully saturated rings. The quantitative estimate of drug-likeness (QED) is 0.847. The molecule has 152 valence electrons. The van der Waals surface area contributed by atoms with Gasteiger partial charge in [-0.25, -0.2) is 9.07 Å². The van der Waals surface area contributed by atoms with Crippen molar-refractivity contribution in [2.24, 2.45) is 0 Å². The number of hydrogen-bond acceptors (Lipinski definition) is 3. The summed E-state index contributed by atoms with van der Waals surface area (Å²) in [6.07, 6.45) is 4.91. The second-order valence-corrected chi connectivity index (χ2v) is 7.98. The molecule has 2 aromatic rings. The van der Waals surface area contributed by atoms with Crippen molar-refractivity contribution in [1.29, 1.82) is 0 Å². The first-order valence-corrected chi connectivity index (χ1v) is 9.75. The number of nitrogens with one attached hydrogen (secondary N) is 1. The fourth-order valence-electron chi connectivity index (χ4n) is 4.59. The summed E-state index contributed by atoms with van der Waals surface area (Å²) < 4.78 is 15.0. The predicted octanol–water partition coefficient (Wildman–Crippen LogP) is 3.33. The second kappa shape index (κ2) is 8.21. The van der Waals surface area contributed by atoms with Crippen molar-refractivity contribution in [2.75, 3.05) is 7.05 Å². The van der Waals surface area contributed by atoms with E-state index in [1.807, 2.05) is 25.8 Å². The van der Waals surface area contributed by atoms with Crippen molar-refractivity contribution in [3.8, 4) is 5.69 Å². The number of aromatic nitrogens is 2. The van der Waals surface area contributed by atoms with Crippen LogP contribution in [0.25, 0.3) is 5.69 Å². The summed E-state index contributed by atoms with van der Waals surface area (Å²) >= 11 is 0. The van der Waals surface area contributed by atoms with Gasteiger partial charge in [-0.15, -0.1) is 12.4 Å². The smallest absolute Gasteiger partial charge is 0.227 e. The molecule has 7 heteroatoms. The largest absolute Gasteiger partial charge is 0.342 e. The van der Waals surface area contributed by atoms with E-state index in [9.17, 15) is 9.18 Å². The van der Waals surface area contributed by atoms with Crippen molar-refractivity contribution in [2.45, 2.75) is 64.1 Å². The van der Waals surface area contributed by atoms with E-state index in [1.165, 1.54) is 25.0 Å². The lowest BCUT2D eigenvalue weighted by Gasteiger charge is -2.35. The lowest BCUT2D eigenvalue weighted by Crippen LogP contribution is -2.49. The van der Waals surface area contributed by atoms with Crippen LogP contribution in [0.5, 0.6) is 0 Å². The van der Waals surface area contributed by atoms with Gasteiger partial charge in [0.05, 0.1) is 17.8 Å². The highest BCUT2D eigenvalue weighted by Gasteiger charge is 2.36. The molecule has 0 saturated carbocycles. The van der Waals surface area contributed by atoms with Gasteiger partial charge in [0.2, 0.25) is 5.91 Å². The highest BCUT2D eigenvalue weighted by molar-refractivity contribution is 5.85. The molecule has 2 bridgehead atoms. The van der Waals surface area contributed by atoms with Crippen LogP contribution in [0.2, 0.25) is 0 Å². The number of carbonyl (C=O) groups excluding carboxylic acids is 1. The van der Waals surface area contributed by atoms with Crippen molar-refractivity contribution in [1.82, 2.24) is 20.0 Å². The number of hydrogen-bond donors (Lipinski definition) is 1. The molecular formula is C21H28ClFN4O. The fourth-order valence-corrected chi connectivity index (χ4v) is 4.59. The third kappa shape index (κ3) is 3.94. The first-order valence-electron chi connectivity index (χ1n) is 9.75. The Labute approximate surface area is 171 Å². The molecule has 2 aliphatic rings. The minimum atomic E-state index is -0.270. The number of carbonyl (C=O) groups is 1. The van der Waals surface area contributed by atoms with Crippen molar-refractivity contribution in [3.63, 3.8) is 0 Å². The average molecular weight is 407 g/mol. The first-order chi connectivity index (χ1) is 12.9. The number of likely N-dealkylation sites (N-methyl/N-ethyl adjacent to an activating group) is 1. The van der Waals surface area contributed by atoms with Gasteiger partial charge in [0, 0.05) is 36.4 Å². The van der Waals surface area contributed by atoms with Crippen molar-refractivity contribution < 1.29 is 9.18 Å². The minimum absolute atomic E-state index is 0. The number of halogens is 2. The Hall–Kier alpha value is -1.92. The Morgan fingerprint density at radius 2 is 1.82 bits per heavy atom. The molecule has 1 aromatic carbocycles. The van der Waals surface area contributed by atoms with Gasteiger partial charge < -0.3 is 10.2 Å². The molecular weight excluding hydrogens is 379 g/mol. The fraction of sp³-hybridized carbons (Fsp3) is 0.524. The molecule has 2 unspecified atom stereocenters. The topological polar surface area (TPSA) is 50.2 Å². The lowest BCUT2D eigenvalue weighted by atomic mass is 9.98. The molecule has 1 aromatic heterocycles. The molecule has 1 N–H and O–H groups in total. The molecule has 2 aliphatic heterocycles. The molecule has 3 heterocycles. The van der Waals surface area contributed by atoms with Crippen molar-refractivity contribution >= 4 is 18.3 Å². The number of aryl methyl sites for hydroxylation is 1. The monoisotopic (exact) mass is 406 g/mol. The molecule has 2 saturated heterocycles. The Morgan fingerprint density at radius 3 is 2.43 bits per heavy atom. The predicted molar refractivity (Wildman–Crippen MR) is 110 cm³/mol. The Bertz CT molecular complexity index is 839. The van der Waals surface area contributed by atoms with Gasteiger partial charge in [-0.05, 0) is 63.8 Å². The van der Waals surface area contributed by atoms with E-state index >= 15 is 0 Å². The van der Waals surface area contributed by atoms with Gasteiger partial charge >= 0.3 is 0 Å². The second-order valence-electron chi connectivity index (χ2n) is 7.98. The number of piperidine rings is 1. The molecule has 0 spiro atoms. The summed E-state index contributed by atoms with van der Waals surface area (Å²) in [5.41, 5.74) is 3.56. The van der Waals surface area contributed by atoms with Crippen LogP contribution in [-0.4, -0.2) is 45.8 Å². The van der Waals surface area contributed by atoms with Crippen LogP contribution in [0.3, 0.4) is 0 Å². The highest BCUT2D eigenvalue weighted by atomic mass is 35.5. The van der Waals surface area contributed by atoms with E-state index < -0.39 is 0 Å². The molecule has 5 nitrogen and oxygen atoms in total. The standard InChI is InChI=1S/C21H27FN4O.ClH/c1-13-20(14(2)26(24-13)18-8-4-15(22)5-9-18)12-21(27)25(3)19-10-16-6-7-17(11-19)23-16;/h4-5,8-9,16-17,19,23H,6-7,10-12H2,1-3H3;1H. The zero-order chi connectivity index (χ0) is 19.1. The van der Waals surface area contributed by atoms with E-state index in [0.717, 1.165) is 35.5 Å². The van der Waals surface area contributed by atoms with Crippen LogP contribution in [0.15, 0.2) is 24.3 Å². The average Bonchev–Trinajstić information content (AvgIpc) is 3.14. The van der Waals surface area contributed by atoms with E-state index in [-0.39, 0.29) is 24.1 Å². The van der Waals surface area contributed by atoms with Gasteiger partial charge in [-0.3, -0.25) is 4.79 Å². The molecule has 2 atom stereocenters. The molecule has 1 amide bonds. The van der Waals surface area contributed by atoms with Gasteiger partial charge in [0.1, 0.15) is 5.82 Å². The summed E-state index contributed by atoms with van der Waals surface area (Å²) in [5, 5.41) is 8.21. The summed E-state index contributed by atoms with van der Waals surface area (Å²) in [6.45, 7) is 3.90. The third-order valence-electron chi connectivity index (χ3n) is 6.23. The number of amides is 1. The van der Waals surface area contributed by atoms with Crippen LogP contribution in [-0.2, 0) is 11.2 Å². The normalized spacial score (nSPS) is 23.4. The number of benzene rings is 1.